The zero-order valence-corrected chi connectivity index (χ0v) is 14.3. The third-order valence-corrected chi connectivity index (χ3v) is 3.66. The SMILES string of the molecule is Cc1ccc2c(CCNC3=NCCN3C)c[nH]c2c1.I. The number of aliphatic imine (C=N–C) groups is 1. The van der Waals surface area contributed by atoms with Crippen LogP contribution in [0.4, 0.5) is 0 Å². The molecule has 5 heteroatoms. The Balaban J connectivity index is 0.00000147. The number of halogens is 1. The molecule has 4 nitrogen and oxygen atoms in total. The number of H-pyrrole nitrogens is 1. The third kappa shape index (κ3) is 3.08. The average Bonchev–Trinajstić information content (AvgIpc) is 2.97. The fourth-order valence-electron chi connectivity index (χ4n) is 2.54. The van der Waals surface area contributed by atoms with Gasteiger partial charge in [-0.1, -0.05) is 12.1 Å². The molecule has 1 aromatic heterocycles. The monoisotopic (exact) mass is 384 g/mol. The summed E-state index contributed by atoms with van der Waals surface area (Å²) in [7, 11) is 2.08. The van der Waals surface area contributed by atoms with Crippen LogP contribution >= 0.6 is 24.0 Å². The van der Waals surface area contributed by atoms with Crippen LogP contribution in [0.2, 0.25) is 0 Å². The summed E-state index contributed by atoms with van der Waals surface area (Å²) in [4.78, 5) is 9.95. The van der Waals surface area contributed by atoms with Crippen LogP contribution < -0.4 is 5.32 Å². The molecule has 0 saturated heterocycles. The molecule has 2 N–H and O–H groups in total. The molecule has 1 aromatic carbocycles. The minimum absolute atomic E-state index is 0. The predicted octanol–water partition coefficient (Wildman–Crippen LogP) is 2.53. The standard InChI is InChI=1S/C15H20N4.HI/c1-11-3-4-13-12(10-18-14(13)9-11)5-6-16-15-17-7-8-19(15)2;/h3-4,9-10,18H,5-8H2,1-2H3,(H,16,17);1H. The van der Waals surface area contributed by atoms with Crippen molar-refractivity contribution in [3.63, 3.8) is 0 Å². The molecule has 2 heterocycles. The number of aromatic amines is 1. The van der Waals surface area contributed by atoms with Crippen molar-refractivity contribution >= 4 is 40.8 Å². The quantitative estimate of drug-likeness (QED) is 0.799. The molecular formula is C15H21IN4. The Bertz CT molecular complexity index is 617. The Kier molecular flexibility index (Phi) is 4.91. The number of hydrogen-bond acceptors (Lipinski definition) is 3. The molecule has 108 valence electrons. The van der Waals surface area contributed by atoms with Gasteiger partial charge in [0.1, 0.15) is 0 Å². The van der Waals surface area contributed by atoms with Crippen LogP contribution in [0.1, 0.15) is 11.1 Å². The minimum Gasteiger partial charge on any atom is -0.361 e. The lowest BCUT2D eigenvalue weighted by Crippen LogP contribution is -2.36. The number of hydrogen-bond donors (Lipinski definition) is 2. The van der Waals surface area contributed by atoms with Crippen molar-refractivity contribution in [2.45, 2.75) is 13.3 Å². The number of aryl methyl sites for hydroxylation is 1. The molecule has 20 heavy (non-hydrogen) atoms. The Morgan fingerprint density at radius 3 is 3.00 bits per heavy atom. The van der Waals surface area contributed by atoms with Gasteiger partial charge < -0.3 is 15.2 Å². The van der Waals surface area contributed by atoms with Crippen molar-refractivity contribution in [1.82, 2.24) is 15.2 Å². The number of aromatic nitrogens is 1. The van der Waals surface area contributed by atoms with E-state index in [1.165, 1.54) is 22.0 Å². The molecule has 0 saturated carbocycles. The molecule has 1 aliphatic rings. The van der Waals surface area contributed by atoms with Crippen molar-refractivity contribution in [3.05, 3.63) is 35.5 Å². The Morgan fingerprint density at radius 1 is 1.40 bits per heavy atom. The van der Waals surface area contributed by atoms with E-state index in [1.807, 2.05) is 0 Å². The molecule has 0 spiro atoms. The number of rotatable bonds is 3. The number of guanidine groups is 1. The summed E-state index contributed by atoms with van der Waals surface area (Å²) in [5.74, 6) is 1.02. The van der Waals surface area contributed by atoms with Gasteiger partial charge in [0.05, 0.1) is 6.54 Å². The molecule has 0 radical (unpaired) electrons. The molecule has 0 fully saturated rings. The molecule has 0 bridgehead atoms. The molecular weight excluding hydrogens is 363 g/mol. The number of nitrogens with zero attached hydrogens (tertiary/aromatic N) is 2. The largest absolute Gasteiger partial charge is 0.361 e. The van der Waals surface area contributed by atoms with Crippen molar-refractivity contribution in [1.29, 1.82) is 0 Å². The van der Waals surface area contributed by atoms with Gasteiger partial charge >= 0.3 is 0 Å². The maximum atomic E-state index is 4.43. The van der Waals surface area contributed by atoms with E-state index in [0.29, 0.717) is 0 Å². The maximum Gasteiger partial charge on any atom is 0.193 e. The smallest absolute Gasteiger partial charge is 0.193 e. The van der Waals surface area contributed by atoms with E-state index in [2.05, 4.69) is 58.6 Å². The van der Waals surface area contributed by atoms with Crippen LogP contribution in [-0.2, 0) is 6.42 Å². The highest BCUT2D eigenvalue weighted by molar-refractivity contribution is 14.0. The van der Waals surface area contributed by atoms with Gasteiger partial charge in [0.15, 0.2) is 5.96 Å². The van der Waals surface area contributed by atoms with E-state index in [1.54, 1.807) is 0 Å². The Labute approximate surface area is 136 Å². The van der Waals surface area contributed by atoms with Crippen LogP contribution in [0.5, 0.6) is 0 Å². The van der Waals surface area contributed by atoms with Gasteiger partial charge in [-0.15, -0.1) is 24.0 Å². The van der Waals surface area contributed by atoms with Gasteiger partial charge in [-0.2, -0.15) is 0 Å². The van der Waals surface area contributed by atoms with Gasteiger partial charge in [0, 0.05) is 37.2 Å². The van der Waals surface area contributed by atoms with Crippen LogP contribution in [0.25, 0.3) is 10.9 Å². The summed E-state index contributed by atoms with van der Waals surface area (Å²) < 4.78 is 0. The van der Waals surface area contributed by atoms with Gasteiger partial charge in [-0.25, -0.2) is 0 Å². The summed E-state index contributed by atoms with van der Waals surface area (Å²) in [6, 6.07) is 6.57. The van der Waals surface area contributed by atoms with Crippen molar-refractivity contribution in [3.8, 4) is 0 Å². The molecule has 3 rings (SSSR count). The van der Waals surface area contributed by atoms with Crippen molar-refractivity contribution in [2.75, 3.05) is 26.7 Å². The zero-order valence-electron chi connectivity index (χ0n) is 11.9. The number of nitrogens with one attached hydrogen (secondary N) is 2. The first-order valence-electron chi connectivity index (χ1n) is 6.80. The van der Waals surface area contributed by atoms with Crippen molar-refractivity contribution in [2.24, 2.45) is 4.99 Å². The highest BCUT2D eigenvalue weighted by Gasteiger charge is 2.11. The predicted molar refractivity (Wildman–Crippen MR) is 95.1 cm³/mol. The average molecular weight is 384 g/mol. The second-order valence-corrected chi connectivity index (χ2v) is 5.17. The van der Waals surface area contributed by atoms with E-state index in [4.69, 9.17) is 0 Å². The summed E-state index contributed by atoms with van der Waals surface area (Å²) in [5.41, 5.74) is 3.88. The first kappa shape index (κ1) is 15.2. The van der Waals surface area contributed by atoms with Gasteiger partial charge in [0.2, 0.25) is 0 Å². The number of fused-ring (bicyclic) bond motifs is 1. The lowest BCUT2D eigenvalue weighted by molar-refractivity contribution is 0.534. The van der Waals surface area contributed by atoms with E-state index in [0.717, 1.165) is 32.0 Å². The highest BCUT2D eigenvalue weighted by Crippen LogP contribution is 2.19. The normalized spacial score (nSPS) is 14.3. The summed E-state index contributed by atoms with van der Waals surface area (Å²) >= 11 is 0. The molecule has 0 atom stereocenters. The number of benzene rings is 1. The highest BCUT2D eigenvalue weighted by atomic mass is 127. The maximum absolute atomic E-state index is 4.43. The van der Waals surface area contributed by atoms with Crippen LogP contribution in [0, 0.1) is 6.92 Å². The Morgan fingerprint density at radius 2 is 2.25 bits per heavy atom. The minimum atomic E-state index is 0. The topological polar surface area (TPSA) is 43.4 Å². The summed E-state index contributed by atoms with van der Waals surface area (Å²) in [6.07, 6.45) is 3.13. The van der Waals surface area contributed by atoms with E-state index in [9.17, 15) is 0 Å². The lowest BCUT2D eigenvalue weighted by atomic mass is 10.1. The lowest BCUT2D eigenvalue weighted by Gasteiger charge is -2.14. The molecule has 2 aromatic rings. The molecule has 1 aliphatic heterocycles. The van der Waals surface area contributed by atoms with Gasteiger partial charge in [-0.05, 0) is 30.5 Å². The first-order chi connectivity index (χ1) is 9.24. The van der Waals surface area contributed by atoms with Crippen LogP contribution in [0.15, 0.2) is 29.4 Å². The fourth-order valence-corrected chi connectivity index (χ4v) is 2.54. The van der Waals surface area contributed by atoms with Gasteiger partial charge in [0.25, 0.3) is 0 Å². The molecule has 0 aliphatic carbocycles. The van der Waals surface area contributed by atoms with Crippen LogP contribution in [0.3, 0.4) is 0 Å². The second kappa shape index (κ2) is 6.47. The molecule has 0 amide bonds. The first-order valence-corrected chi connectivity index (χ1v) is 6.80. The van der Waals surface area contributed by atoms with E-state index < -0.39 is 0 Å². The third-order valence-electron chi connectivity index (χ3n) is 3.66. The van der Waals surface area contributed by atoms with E-state index in [-0.39, 0.29) is 24.0 Å². The summed E-state index contributed by atoms with van der Waals surface area (Å²) in [5, 5.41) is 4.74. The van der Waals surface area contributed by atoms with Crippen molar-refractivity contribution < 1.29 is 0 Å². The Hall–Kier alpha value is -1.24. The van der Waals surface area contributed by atoms with Gasteiger partial charge in [-0.3, -0.25) is 4.99 Å². The molecule has 0 unspecified atom stereocenters. The zero-order chi connectivity index (χ0) is 13.2. The van der Waals surface area contributed by atoms with E-state index >= 15 is 0 Å². The van der Waals surface area contributed by atoms with Crippen LogP contribution in [-0.4, -0.2) is 42.5 Å². The summed E-state index contributed by atoms with van der Waals surface area (Å²) in [6.45, 7) is 4.97. The number of likely N-dealkylation sites (N-methyl/N-ethyl adjacent to an activating group) is 1. The fraction of sp³-hybridized carbons (Fsp3) is 0.400. The second-order valence-electron chi connectivity index (χ2n) is 5.17.